The van der Waals surface area contributed by atoms with Crippen LogP contribution in [0.4, 0.5) is 0 Å². The third-order valence-electron chi connectivity index (χ3n) is 18.0. The van der Waals surface area contributed by atoms with Crippen molar-refractivity contribution in [1.82, 2.24) is 5.32 Å². The van der Waals surface area contributed by atoms with E-state index in [1.165, 1.54) is 327 Å². The van der Waals surface area contributed by atoms with Gasteiger partial charge < -0.3 is 28.8 Å². The number of phosphoric acid groups is 1. The van der Waals surface area contributed by atoms with Crippen LogP contribution in [-0.2, 0) is 18.4 Å². The number of amides is 1. The normalized spacial score (nSPS) is 13.8. The first-order valence-electron chi connectivity index (χ1n) is 39.0. The van der Waals surface area contributed by atoms with Crippen molar-refractivity contribution in [3.05, 3.63) is 48.6 Å². The number of aliphatic hydroxyl groups excluding tert-OH is 1. The number of rotatable bonds is 73. The Labute approximate surface area is 549 Å². The van der Waals surface area contributed by atoms with Gasteiger partial charge in [0.15, 0.2) is 0 Å². The lowest BCUT2D eigenvalue weighted by Crippen LogP contribution is -2.45. The van der Waals surface area contributed by atoms with E-state index in [4.69, 9.17) is 9.05 Å². The highest BCUT2D eigenvalue weighted by Crippen LogP contribution is 2.38. The minimum Gasteiger partial charge on any atom is -0.756 e. The number of unbranched alkanes of at least 4 members (excludes halogenated alkanes) is 54. The number of phosphoric ester groups is 1. The summed E-state index contributed by atoms with van der Waals surface area (Å²) in [6.07, 6.45) is 95.5. The van der Waals surface area contributed by atoms with E-state index in [2.05, 4.69) is 55.6 Å². The zero-order chi connectivity index (χ0) is 64.1. The predicted octanol–water partition coefficient (Wildman–Crippen LogP) is 24.7. The van der Waals surface area contributed by atoms with E-state index in [9.17, 15) is 19.4 Å². The van der Waals surface area contributed by atoms with Crippen molar-refractivity contribution < 1.29 is 32.9 Å². The number of quaternary nitrogens is 1. The Kier molecular flexibility index (Phi) is 68.6. The van der Waals surface area contributed by atoms with Crippen LogP contribution in [0.1, 0.15) is 399 Å². The standard InChI is InChI=1S/C79H153N2O6P/c1-6-8-10-12-14-16-18-20-22-24-26-28-30-32-34-36-37-38-39-40-41-42-43-45-47-49-51-53-55-57-59-61-63-65-67-69-71-73-79(83)80-77(76-87-88(84,85)86-75-74-81(3,4)5)78(82)72-70-68-66-64-62-60-58-56-54-52-50-48-46-44-35-33-31-29-27-25-23-21-19-17-15-13-11-9-7-2/h18,20,24,26,30,32,70,72,77-78,82H,6-17,19,21-23,25,27-29,31,33-69,71,73-76H2,1-5H3,(H-,80,83,84,85)/b20-18-,26-24-,32-30-,72-70+. The summed E-state index contributed by atoms with van der Waals surface area (Å²) in [7, 11) is 1.28. The molecule has 2 N–H and O–H groups in total. The predicted molar refractivity (Wildman–Crippen MR) is 385 cm³/mol. The van der Waals surface area contributed by atoms with Gasteiger partial charge in [0, 0.05) is 6.42 Å². The quantitative estimate of drug-likeness (QED) is 0.0272. The third kappa shape index (κ3) is 71.9. The first-order valence-corrected chi connectivity index (χ1v) is 40.5. The summed E-state index contributed by atoms with van der Waals surface area (Å²) >= 11 is 0. The summed E-state index contributed by atoms with van der Waals surface area (Å²) in [6.45, 7) is 4.70. The molecule has 0 spiro atoms. The number of nitrogens with zero attached hydrogens (tertiary/aromatic N) is 1. The molecule has 3 atom stereocenters. The number of likely N-dealkylation sites (N-methyl/N-ethyl adjacent to an activating group) is 1. The Hall–Kier alpha value is -1.54. The van der Waals surface area contributed by atoms with Crippen LogP contribution in [-0.4, -0.2) is 68.5 Å². The van der Waals surface area contributed by atoms with Crippen LogP contribution in [0.15, 0.2) is 48.6 Å². The molecule has 0 aliphatic rings. The second-order valence-electron chi connectivity index (χ2n) is 28.1. The van der Waals surface area contributed by atoms with Gasteiger partial charge in [-0.1, -0.05) is 383 Å². The highest BCUT2D eigenvalue weighted by atomic mass is 31.2. The molecule has 0 saturated carbocycles. The highest BCUT2D eigenvalue weighted by Gasteiger charge is 2.23. The van der Waals surface area contributed by atoms with Crippen LogP contribution in [0.3, 0.4) is 0 Å². The van der Waals surface area contributed by atoms with Gasteiger partial charge in [-0.3, -0.25) is 9.36 Å². The molecule has 0 rings (SSSR count). The number of aliphatic hydroxyl groups is 1. The highest BCUT2D eigenvalue weighted by molar-refractivity contribution is 7.45. The van der Waals surface area contributed by atoms with E-state index in [0.717, 1.165) is 51.4 Å². The fraction of sp³-hybridized carbons (Fsp3) is 0.886. The van der Waals surface area contributed by atoms with E-state index < -0.39 is 20.0 Å². The van der Waals surface area contributed by atoms with Crippen molar-refractivity contribution in [2.45, 2.75) is 411 Å². The van der Waals surface area contributed by atoms with E-state index in [1.54, 1.807) is 6.08 Å². The largest absolute Gasteiger partial charge is 0.756 e. The van der Waals surface area contributed by atoms with Gasteiger partial charge in [0.25, 0.3) is 7.82 Å². The minimum absolute atomic E-state index is 0.000874. The maximum absolute atomic E-state index is 13.1. The molecule has 0 aromatic heterocycles. The van der Waals surface area contributed by atoms with Gasteiger partial charge in [0.2, 0.25) is 5.91 Å². The zero-order valence-electron chi connectivity index (χ0n) is 59.7. The van der Waals surface area contributed by atoms with Gasteiger partial charge in [-0.2, -0.15) is 0 Å². The molecule has 9 heteroatoms. The Bertz CT molecular complexity index is 1580. The minimum atomic E-state index is -4.61. The smallest absolute Gasteiger partial charge is 0.268 e. The lowest BCUT2D eigenvalue weighted by atomic mass is 10.0. The number of carbonyl (C=O) groups is 1. The van der Waals surface area contributed by atoms with Gasteiger partial charge in [0.05, 0.1) is 39.9 Å². The number of nitrogens with one attached hydrogen (secondary N) is 1. The average Bonchev–Trinajstić information content (AvgIpc) is 3.70. The summed E-state index contributed by atoms with van der Waals surface area (Å²) in [5.41, 5.74) is 0. The Balaban J connectivity index is 3.96. The molecule has 0 aromatic carbocycles. The summed E-state index contributed by atoms with van der Waals surface area (Å²) in [5.74, 6) is -0.189. The van der Waals surface area contributed by atoms with Crippen LogP contribution in [0, 0.1) is 0 Å². The molecule has 0 aliphatic heterocycles. The molecule has 8 nitrogen and oxygen atoms in total. The number of carbonyl (C=O) groups excluding carboxylic acids is 1. The molecular weight excluding hydrogens is 1100 g/mol. The molecule has 0 bridgehead atoms. The molecule has 0 heterocycles. The zero-order valence-corrected chi connectivity index (χ0v) is 60.6. The monoisotopic (exact) mass is 1260 g/mol. The van der Waals surface area contributed by atoms with Gasteiger partial charge in [0.1, 0.15) is 13.2 Å². The van der Waals surface area contributed by atoms with Crippen molar-refractivity contribution in [3.8, 4) is 0 Å². The van der Waals surface area contributed by atoms with Gasteiger partial charge >= 0.3 is 0 Å². The average molecular weight is 1260 g/mol. The van der Waals surface area contributed by atoms with E-state index in [-0.39, 0.29) is 19.1 Å². The summed E-state index contributed by atoms with van der Waals surface area (Å²) in [6, 6.07) is -0.888. The van der Waals surface area contributed by atoms with E-state index >= 15 is 0 Å². The SMILES string of the molecule is CCCCCCC/C=C\C/C=C\C/C=C\CCCCCCCCCCCCCCCCCCCCCCCCC(=O)NC(COP(=O)([O-])OCC[N+](C)(C)C)C(O)/C=C/CCCCCCCCCCCCCCCCCCCCCCCCCCCCC. The lowest BCUT2D eigenvalue weighted by Gasteiger charge is -2.29. The number of hydrogen-bond donors (Lipinski definition) is 2. The second kappa shape index (κ2) is 69.8. The number of hydrogen-bond acceptors (Lipinski definition) is 6. The molecule has 0 aromatic rings. The van der Waals surface area contributed by atoms with Crippen molar-refractivity contribution >= 4 is 13.7 Å². The van der Waals surface area contributed by atoms with Crippen molar-refractivity contribution in [2.75, 3.05) is 40.9 Å². The molecular formula is C79H153N2O6P. The van der Waals surface area contributed by atoms with Crippen molar-refractivity contribution in [1.29, 1.82) is 0 Å². The third-order valence-corrected chi connectivity index (χ3v) is 19.0. The summed E-state index contributed by atoms with van der Waals surface area (Å²) in [4.78, 5) is 25.7. The summed E-state index contributed by atoms with van der Waals surface area (Å²) in [5, 5.41) is 14.0. The Morgan fingerprint density at radius 3 is 0.955 bits per heavy atom. The maximum atomic E-state index is 13.1. The number of allylic oxidation sites excluding steroid dienone is 7. The van der Waals surface area contributed by atoms with Gasteiger partial charge in [-0.15, -0.1) is 0 Å². The lowest BCUT2D eigenvalue weighted by molar-refractivity contribution is -0.870. The summed E-state index contributed by atoms with van der Waals surface area (Å²) < 4.78 is 23.5. The van der Waals surface area contributed by atoms with Crippen LogP contribution in [0.2, 0.25) is 0 Å². The van der Waals surface area contributed by atoms with Crippen molar-refractivity contribution in [3.63, 3.8) is 0 Å². The van der Waals surface area contributed by atoms with E-state index in [0.29, 0.717) is 17.4 Å². The van der Waals surface area contributed by atoms with Gasteiger partial charge in [-0.25, -0.2) is 0 Å². The molecule has 520 valence electrons. The van der Waals surface area contributed by atoms with Crippen LogP contribution in [0.25, 0.3) is 0 Å². The molecule has 0 radical (unpaired) electrons. The topological polar surface area (TPSA) is 108 Å². The van der Waals surface area contributed by atoms with Crippen LogP contribution in [0.5, 0.6) is 0 Å². The first kappa shape index (κ1) is 86.5. The molecule has 3 unspecified atom stereocenters. The molecule has 0 fully saturated rings. The van der Waals surface area contributed by atoms with E-state index in [1.807, 2.05) is 27.2 Å². The van der Waals surface area contributed by atoms with Gasteiger partial charge in [-0.05, 0) is 57.8 Å². The fourth-order valence-electron chi connectivity index (χ4n) is 12.0. The fourth-order valence-corrected chi connectivity index (χ4v) is 12.7. The second-order valence-corrected chi connectivity index (χ2v) is 29.5. The molecule has 88 heavy (non-hydrogen) atoms. The maximum Gasteiger partial charge on any atom is 0.268 e. The Morgan fingerprint density at radius 1 is 0.398 bits per heavy atom. The first-order chi connectivity index (χ1) is 43.0. The molecule has 1 amide bonds. The molecule has 0 saturated heterocycles. The van der Waals surface area contributed by atoms with Crippen LogP contribution >= 0.6 is 7.82 Å². The van der Waals surface area contributed by atoms with Crippen LogP contribution < -0.4 is 10.2 Å². The molecule has 0 aliphatic carbocycles. The van der Waals surface area contributed by atoms with Crippen molar-refractivity contribution in [2.24, 2.45) is 0 Å². The Morgan fingerprint density at radius 2 is 0.659 bits per heavy atom.